The molecule has 0 saturated carbocycles. The molecule has 0 spiro atoms. The lowest BCUT2D eigenvalue weighted by Crippen LogP contribution is -2.43. The first-order valence-electron chi connectivity index (χ1n) is 9.02. The first kappa shape index (κ1) is 20.5. The SMILES string of the molecule is CC(C)OCCCNC(=O)C1CCCN(Cc2c(Cl)cccc2Cl)C1. The first-order chi connectivity index (χ1) is 12.0. The van der Waals surface area contributed by atoms with E-state index in [4.69, 9.17) is 27.9 Å². The van der Waals surface area contributed by atoms with Gasteiger partial charge in [0, 0.05) is 41.8 Å². The number of piperidine rings is 1. The highest BCUT2D eigenvalue weighted by atomic mass is 35.5. The van der Waals surface area contributed by atoms with Gasteiger partial charge in [0.05, 0.1) is 12.0 Å². The summed E-state index contributed by atoms with van der Waals surface area (Å²) in [6.45, 7) is 7.77. The van der Waals surface area contributed by atoms with Crippen molar-refractivity contribution in [1.82, 2.24) is 10.2 Å². The third kappa shape index (κ3) is 6.78. The summed E-state index contributed by atoms with van der Waals surface area (Å²) in [5.41, 5.74) is 0.942. The number of ether oxygens (including phenoxy) is 1. The molecule has 1 aromatic rings. The molecule has 1 saturated heterocycles. The molecule has 25 heavy (non-hydrogen) atoms. The second-order valence-electron chi connectivity index (χ2n) is 6.84. The second-order valence-corrected chi connectivity index (χ2v) is 7.65. The number of nitrogens with zero attached hydrogens (tertiary/aromatic N) is 1. The van der Waals surface area contributed by atoms with Gasteiger partial charge in [-0.25, -0.2) is 0 Å². The zero-order valence-corrected chi connectivity index (χ0v) is 16.6. The molecular formula is C19H28Cl2N2O2. The van der Waals surface area contributed by atoms with Gasteiger partial charge in [-0.05, 0) is 51.8 Å². The maximum Gasteiger partial charge on any atom is 0.224 e. The molecule has 2 rings (SSSR count). The Bertz CT molecular complexity index is 546. The fraction of sp³-hybridized carbons (Fsp3) is 0.632. The molecule has 0 aliphatic carbocycles. The molecule has 1 heterocycles. The van der Waals surface area contributed by atoms with E-state index in [1.54, 1.807) is 0 Å². The Kier molecular flexibility index (Phi) is 8.50. The summed E-state index contributed by atoms with van der Waals surface area (Å²) in [6.07, 6.45) is 3.02. The Hall–Kier alpha value is -0.810. The number of carbonyl (C=O) groups excluding carboxylic acids is 1. The van der Waals surface area contributed by atoms with Gasteiger partial charge in [-0.1, -0.05) is 29.3 Å². The van der Waals surface area contributed by atoms with Crippen molar-refractivity contribution in [3.8, 4) is 0 Å². The van der Waals surface area contributed by atoms with Gasteiger partial charge in [-0.15, -0.1) is 0 Å². The Morgan fingerprint density at radius 2 is 2.08 bits per heavy atom. The summed E-state index contributed by atoms with van der Waals surface area (Å²) in [7, 11) is 0. The third-order valence-corrected chi connectivity index (χ3v) is 5.10. The fourth-order valence-electron chi connectivity index (χ4n) is 3.07. The molecule has 1 aliphatic rings. The quantitative estimate of drug-likeness (QED) is 0.682. The van der Waals surface area contributed by atoms with E-state index in [-0.39, 0.29) is 17.9 Å². The molecule has 1 fully saturated rings. The Morgan fingerprint density at radius 1 is 1.36 bits per heavy atom. The van der Waals surface area contributed by atoms with Crippen molar-refractivity contribution < 1.29 is 9.53 Å². The smallest absolute Gasteiger partial charge is 0.224 e. The van der Waals surface area contributed by atoms with Crippen LogP contribution < -0.4 is 5.32 Å². The molecule has 0 bridgehead atoms. The third-order valence-electron chi connectivity index (χ3n) is 4.39. The molecule has 4 nitrogen and oxygen atoms in total. The van der Waals surface area contributed by atoms with Crippen LogP contribution in [-0.4, -0.2) is 43.2 Å². The Balaban J connectivity index is 1.79. The molecule has 1 aliphatic heterocycles. The van der Waals surface area contributed by atoms with Crippen LogP contribution in [0.5, 0.6) is 0 Å². The Labute approximate surface area is 160 Å². The topological polar surface area (TPSA) is 41.6 Å². The standard InChI is InChI=1S/C19H28Cl2N2O2/c1-14(2)25-11-5-9-22-19(24)15-6-4-10-23(12-15)13-16-17(20)7-3-8-18(16)21/h3,7-8,14-15H,4-6,9-13H2,1-2H3,(H,22,24). The van der Waals surface area contributed by atoms with E-state index in [1.807, 2.05) is 32.0 Å². The van der Waals surface area contributed by atoms with Crippen molar-refractivity contribution in [1.29, 1.82) is 0 Å². The summed E-state index contributed by atoms with van der Waals surface area (Å²) in [5.74, 6) is 0.167. The van der Waals surface area contributed by atoms with Gasteiger partial charge >= 0.3 is 0 Å². The number of likely N-dealkylation sites (tertiary alicyclic amines) is 1. The normalized spacial score (nSPS) is 18.5. The van der Waals surface area contributed by atoms with Gasteiger partial charge in [0.1, 0.15) is 0 Å². The first-order valence-corrected chi connectivity index (χ1v) is 9.77. The number of carbonyl (C=O) groups is 1. The van der Waals surface area contributed by atoms with Crippen LogP contribution >= 0.6 is 23.2 Å². The Morgan fingerprint density at radius 3 is 2.76 bits per heavy atom. The van der Waals surface area contributed by atoms with E-state index >= 15 is 0 Å². The van der Waals surface area contributed by atoms with Crippen LogP contribution in [0.1, 0.15) is 38.7 Å². The highest BCUT2D eigenvalue weighted by Gasteiger charge is 2.26. The van der Waals surface area contributed by atoms with E-state index < -0.39 is 0 Å². The molecule has 1 atom stereocenters. The summed E-state index contributed by atoms with van der Waals surface area (Å²) in [6, 6.07) is 5.57. The van der Waals surface area contributed by atoms with E-state index in [2.05, 4.69) is 10.2 Å². The zero-order valence-electron chi connectivity index (χ0n) is 15.1. The van der Waals surface area contributed by atoms with Crippen molar-refractivity contribution in [2.24, 2.45) is 5.92 Å². The minimum absolute atomic E-state index is 0.0287. The molecule has 1 N–H and O–H groups in total. The molecule has 1 aromatic carbocycles. The average Bonchev–Trinajstić information content (AvgIpc) is 2.58. The van der Waals surface area contributed by atoms with Crippen molar-refractivity contribution in [2.45, 2.75) is 45.8 Å². The highest BCUT2D eigenvalue weighted by molar-refractivity contribution is 6.35. The van der Waals surface area contributed by atoms with Gasteiger partial charge in [-0.3, -0.25) is 9.69 Å². The maximum atomic E-state index is 12.4. The van der Waals surface area contributed by atoms with Crippen molar-refractivity contribution >= 4 is 29.1 Å². The van der Waals surface area contributed by atoms with Gasteiger partial charge in [-0.2, -0.15) is 0 Å². The van der Waals surface area contributed by atoms with Crippen LogP contribution in [0.3, 0.4) is 0 Å². The average molecular weight is 387 g/mol. The van der Waals surface area contributed by atoms with Crippen LogP contribution in [0.2, 0.25) is 10.0 Å². The molecule has 1 unspecified atom stereocenters. The van der Waals surface area contributed by atoms with Gasteiger partial charge < -0.3 is 10.1 Å². The van der Waals surface area contributed by atoms with Crippen LogP contribution in [0.4, 0.5) is 0 Å². The van der Waals surface area contributed by atoms with Crippen LogP contribution in [0.25, 0.3) is 0 Å². The van der Waals surface area contributed by atoms with Crippen LogP contribution in [0, 0.1) is 5.92 Å². The van der Waals surface area contributed by atoms with Gasteiger partial charge in [0.25, 0.3) is 0 Å². The van der Waals surface area contributed by atoms with Crippen molar-refractivity contribution in [3.63, 3.8) is 0 Å². The number of benzene rings is 1. The van der Waals surface area contributed by atoms with Crippen LogP contribution in [0.15, 0.2) is 18.2 Å². The van der Waals surface area contributed by atoms with E-state index in [1.165, 1.54) is 0 Å². The minimum atomic E-state index is 0.0287. The number of hydrogen-bond donors (Lipinski definition) is 1. The van der Waals surface area contributed by atoms with E-state index in [0.717, 1.165) is 37.9 Å². The minimum Gasteiger partial charge on any atom is -0.379 e. The van der Waals surface area contributed by atoms with Gasteiger partial charge in [0.15, 0.2) is 0 Å². The summed E-state index contributed by atoms with van der Waals surface area (Å²) < 4.78 is 5.49. The molecular weight excluding hydrogens is 359 g/mol. The molecule has 6 heteroatoms. The molecule has 0 aromatic heterocycles. The monoisotopic (exact) mass is 386 g/mol. The second kappa shape index (κ2) is 10.4. The fourth-order valence-corrected chi connectivity index (χ4v) is 3.58. The van der Waals surface area contributed by atoms with Crippen molar-refractivity contribution in [3.05, 3.63) is 33.8 Å². The zero-order chi connectivity index (χ0) is 18.2. The predicted molar refractivity (Wildman–Crippen MR) is 103 cm³/mol. The predicted octanol–water partition coefficient (Wildman–Crippen LogP) is 4.14. The van der Waals surface area contributed by atoms with E-state index in [0.29, 0.717) is 29.7 Å². The number of halogens is 2. The largest absolute Gasteiger partial charge is 0.379 e. The number of nitrogens with one attached hydrogen (secondary N) is 1. The maximum absolute atomic E-state index is 12.4. The molecule has 140 valence electrons. The highest BCUT2D eigenvalue weighted by Crippen LogP contribution is 2.27. The molecule has 1 amide bonds. The summed E-state index contributed by atoms with van der Waals surface area (Å²) in [4.78, 5) is 14.7. The lowest BCUT2D eigenvalue weighted by Gasteiger charge is -2.32. The number of rotatable bonds is 8. The lowest BCUT2D eigenvalue weighted by atomic mass is 9.96. The lowest BCUT2D eigenvalue weighted by molar-refractivity contribution is -0.126. The number of hydrogen-bond acceptors (Lipinski definition) is 3. The van der Waals surface area contributed by atoms with Crippen molar-refractivity contribution in [2.75, 3.05) is 26.2 Å². The van der Waals surface area contributed by atoms with E-state index in [9.17, 15) is 4.79 Å². The summed E-state index contributed by atoms with van der Waals surface area (Å²) >= 11 is 12.5. The van der Waals surface area contributed by atoms with Gasteiger partial charge in [0.2, 0.25) is 5.91 Å². The molecule has 0 radical (unpaired) electrons. The number of amides is 1. The summed E-state index contributed by atoms with van der Waals surface area (Å²) in [5, 5.41) is 4.40. The van der Waals surface area contributed by atoms with Crippen LogP contribution in [-0.2, 0) is 16.1 Å².